The fourth-order valence-corrected chi connectivity index (χ4v) is 2.61. The number of carbonyl (C=O) groups excluding carboxylic acids is 1. The van der Waals surface area contributed by atoms with Crippen LogP contribution in [0.2, 0.25) is 0 Å². The van der Waals surface area contributed by atoms with Gasteiger partial charge in [-0.25, -0.2) is 0 Å². The van der Waals surface area contributed by atoms with Crippen molar-refractivity contribution >= 4 is 33.2 Å². The molecule has 1 N–H and O–H groups in total. The van der Waals surface area contributed by atoms with Crippen LogP contribution in [0.25, 0.3) is 0 Å². The summed E-state index contributed by atoms with van der Waals surface area (Å²) in [6.45, 7) is 4.26. The number of amides is 1. The lowest BCUT2D eigenvalue weighted by Crippen LogP contribution is -2.38. The van der Waals surface area contributed by atoms with Crippen molar-refractivity contribution in [1.82, 2.24) is 4.90 Å². The molecule has 0 unspecified atom stereocenters. The second-order valence-electron chi connectivity index (χ2n) is 3.42. The number of rotatable bonds is 4. The number of carbonyl (C=O) groups is 1. The summed E-state index contributed by atoms with van der Waals surface area (Å²) in [5.41, 5.74) is 0. The van der Waals surface area contributed by atoms with Crippen LogP contribution in [0.4, 0.5) is 0 Å². The van der Waals surface area contributed by atoms with Crippen molar-refractivity contribution in [3.8, 4) is 0 Å². The molecule has 1 amide bonds. The first kappa shape index (κ1) is 12.7. The van der Waals surface area contributed by atoms with E-state index in [-0.39, 0.29) is 18.6 Å². The Morgan fingerprint density at radius 2 is 2.27 bits per heavy atom. The lowest BCUT2D eigenvalue weighted by atomic mass is 10.3. The van der Waals surface area contributed by atoms with Crippen LogP contribution in [-0.2, 0) is 0 Å². The first-order valence-electron chi connectivity index (χ1n) is 4.73. The van der Waals surface area contributed by atoms with Gasteiger partial charge in [0.25, 0.3) is 5.91 Å². The second kappa shape index (κ2) is 5.63. The summed E-state index contributed by atoms with van der Waals surface area (Å²) in [4.78, 5) is 14.4. The molecular weight excluding hydrogens is 278 g/mol. The lowest BCUT2D eigenvalue weighted by molar-refractivity contribution is 0.0670. The number of thiophene rings is 1. The van der Waals surface area contributed by atoms with Crippen LogP contribution in [0.1, 0.15) is 23.5 Å². The van der Waals surface area contributed by atoms with Gasteiger partial charge in [0.05, 0.1) is 15.3 Å². The molecule has 1 rings (SSSR count). The van der Waals surface area contributed by atoms with Crippen LogP contribution in [0.5, 0.6) is 0 Å². The maximum atomic E-state index is 12.0. The maximum absolute atomic E-state index is 12.0. The predicted octanol–water partition coefficient (Wildman–Crippen LogP) is 2.35. The first-order chi connectivity index (χ1) is 7.06. The molecule has 0 radical (unpaired) electrons. The average molecular weight is 292 g/mol. The molecule has 0 bridgehead atoms. The summed E-state index contributed by atoms with van der Waals surface area (Å²) in [5, 5.41) is 8.89. The average Bonchev–Trinajstić information content (AvgIpc) is 2.59. The van der Waals surface area contributed by atoms with E-state index in [0.29, 0.717) is 11.4 Å². The van der Waals surface area contributed by atoms with Crippen molar-refractivity contribution in [2.75, 3.05) is 13.2 Å². The van der Waals surface area contributed by atoms with Gasteiger partial charge in [-0.15, -0.1) is 11.3 Å². The molecule has 15 heavy (non-hydrogen) atoms. The van der Waals surface area contributed by atoms with E-state index in [4.69, 9.17) is 5.11 Å². The highest BCUT2D eigenvalue weighted by atomic mass is 79.9. The van der Waals surface area contributed by atoms with Crippen molar-refractivity contribution in [3.63, 3.8) is 0 Å². The van der Waals surface area contributed by atoms with Crippen molar-refractivity contribution in [3.05, 3.63) is 20.8 Å². The zero-order valence-corrected chi connectivity index (χ0v) is 11.1. The number of halogens is 1. The summed E-state index contributed by atoms with van der Waals surface area (Å²) in [5.74, 6) is -0.0187. The van der Waals surface area contributed by atoms with Crippen molar-refractivity contribution in [2.45, 2.75) is 19.9 Å². The van der Waals surface area contributed by atoms with Crippen LogP contribution < -0.4 is 0 Å². The zero-order chi connectivity index (χ0) is 11.4. The fraction of sp³-hybridized carbons (Fsp3) is 0.500. The van der Waals surface area contributed by atoms with Crippen LogP contribution in [0.3, 0.4) is 0 Å². The Hall–Kier alpha value is -0.390. The van der Waals surface area contributed by atoms with Gasteiger partial charge in [0, 0.05) is 12.6 Å². The Bertz CT molecular complexity index is 338. The molecular formula is C10H14BrNO2S. The minimum atomic E-state index is -0.0187. The Kier molecular flexibility index (Phi) is 4.76. The van der Waals surface area contributed by atoms with Crippen molar-refractivity contribution < 1.29 is 9.90 Å². The Morgan fingerprint density at radius 3 is 2.67 bits per heavy atom. The predicted molar refractivity (Wildman–Crippen MR) is 65.3 cm³/mol. The number of hydrogen-bond donors (Lipinski definition) is 1. The molecule has 1 aromatic rings. The standard InChI is InChI=1S/C10H14BrNO2S/c1-7(2)12(5-6-13)10(14)8-3-4-9(11)15-8/h3-4,7,13H,5-6H2,1-2H3. The molecule has 0 aliphatic rings. The Labute approximate surface area is 102 Å². The topological polar surface area (TPSA) is 40.5 Å². The van der Waals surface area contributed by atoms with Gasteiger partial charge in [0.2, 0.25) is 0 Å². The van der Waals surface area contributed by atoms with Crippen molar-refractivity contribution in [2.24, 2.45) is 0 Å². The molecule has 1 aromatic heterocycles. The number of aliphatic hydroxyl groups is 1. The molecule has 5 heteroatoms. The SMILES string of the molecule is CC(C)N(CCO)C(=O)c1ccc(Br)s1. The van der Waals surface area contributed by atoms with E-state index < -0.39 is 0 Å². The third kappa shape index (κ3) is 3.29. The molecule has 0 saturated heterocycles. The molecule has 0 aliphatic heterocycles. The highest BCUT2D eigenvalue weighted by molar-refractivity contribution is 9.11. The van der Waals surface area contributed by atoms with Crippen molar-refractivity contribution in [1.29, 1.82) is 0 Å². The monoisotopic (exact) mass is 291 g/mol. The lowest BCUT2D eigenvalue weighted by Gasteiger charge is -2.25. The van der Waals surface area contributed by atoms with Crippen LogP contribution in [-0.4, -0.2) is 35.1 Å². The molecule has 0 fully saturated rings. The molecule has 0 saturated carbocycles. The first-order valence-corrected chi connectivity index (χ1v) is 6.34. The van der Waals surface area contributed by atoms with E-state index in [1.54, 1.807) is 11.0 Å². The van der Waals surface area contributed by atoms with E-state index >= 15 is 0 Å². The highest BCUT2D eigenvalue weighted by Crippen LogP contribution is 2.23. The third-order valence-corrected chi connectivity index (χ3v) is 3.62. The molecule has 1 heterocycles. The Balaban J connectivity index is 2.80. The van der Waals surface area contributed by atoms with Crippen LogP contribution in [0, 0.1) is 0 Å². The molecule has 84 valence electrons. The molecule has 3 nitrogen and oxygen atoms in total. The molecule has 0 atom stereocenters. The summed E-state index contributed by atoms with van der Waals surface area (Å²) >= 11 is 4.74. The summed E-state index contributed by atoms with van der Waals surface area (Å²) in [6, 6.07) is 3.75. The largest absolute Gasteiger partial charge is 0.395 e. The van der Waals surface area contributed by atoms with Gasteiger partial charge in [0.1, 0.15) is 0 Å². The van der Waals surface area contributed by atoms with Crippen LogP contribution >= 0.6 is 27.3 Å². The summed E-state index contributed by atoms with van der Waals surface area (Å²) < 4.78 is 0.943. The summed E-state index contributed by atoms with van der Waals surface area (Å²) in [7, 11) is 0. The zero-order valence-electron chi connectivity index (χ0n) is 8.74. The van der Waals surface area contributed by atoms with Crippen LogP contribution in [0.15, 0.2) is 15.9 Å². The van der Waals surface area contributed by atoms with Gasteiger partial charge in [-0.05, 0) is 41.9 Å². The minimum absolute atomic E-state index is 0.00351. The molecule has 0 aliphatic carbocycles. The maximum Gasteiger partial charge on any atom is 0.264 e. The highest BCUT2D eigenvalue weighted by Gasteiger charge is 2.19. The smallest absolute Gasteiger partial charge is 0.264 e. The number of nitrogens with zero attached hydrogens (tertiary/aromatic N) is 1. The minimum Gasteiger partial charge on any atom is -0.395 e. The number of hydrogen-bond acceptors (Lipinski definition) is 3. The van der Waals surface area contributed by atoms with Gasteiger partial charge >= 0.3 is 0 Å². The van der Waals surface area contributed by atoms with E-state index in [1.165, 1.54) is 11.3 Å². The molecule has 0 spiro atoms. The fourth-order valence-electron chi connectivity index (χ4n) is 1.27. The van der Waals surface area contributed by atoms with Gasteiger partial charge in [-0.3, -0.25) is 4.79 Å². The van der Waals surface area contributed by atoms with E-state index in [9.17, 15) is 4.79 Å². The van der Waals surface area contributed by atoms with Gasteiger partial charge < -0.3 is 10.0 Å². The van der Waals surface area contributed by atoms with Gasteiger partial charge in [-0.1, -0.05) is 0 Å². The number of aliphatic hydroxyl groups excluding tert-OH is 1. The van der Waals surface area contributed by atoms with E-state index in [1.807, 2.05) is 19.9 Å². The van der Waals surface area contributed by atoms with Gasteiger partial charge in [0.15, 0.2) is 0 Å². The van der Waals surface area contributed by atoms with E-state index in [0.717, 1.165) is 3.79 Å². The quantitative estimate of drug-likeness (QED) is 0.925. The van der Waals surface area contributed by atoms with E-state index in [2.05, 4.69) is 15.9 Å². The molecule has 0 aromatic carbocycles. The Morgan fingerprint density at radius 1 is 1.60 bits per heavy atom. The second-order valence-corrected chi connectivity index (χ2v) is 5.88. The summed E-state index contributed by atoms with van der Waals surface area (Å²) in [6.07, 6.45) is 0. The third-order valence-electron chi connectivity index (χ3n) is 2.01. The normalized spacial score (nSPS) is 10.7. The van der Waals surface area contributed by atoms with Gasteiger partial charge in [-0.2, -0.15) is 0 Å².